The molecule has 0 spiro atoms. The highest BCUT2D eigenvalue weighted by Crippen LogP contribution is 2.32. The van der Waals surface area contributed by atoms with Crippen LogP contribution in [0.2, 0.25) is 0 Å². The number of amides is 1. The number of rotatable bonds is 4. The molecule has 160 valence electrons. The molecule has 1 aromatic heterocycles. The highest BCUT2D eigenvalue weighted by molar-refractivity contribution is 6.09. The summed E-state index contributed by atoms with van der Waals surface area (Å²) in [6.45, 7) is 1.79. The van der Waals surface area contributed by atoms with Crippen LogP contribution < -0.4 is 10.7 Å². The summed E-state index contributed by atoms with van der Waals surface area (Å²) in [5, 5.41) is 7.15. The first kappa shape index (κ1) is 20.7. The summed E-state index contributed by atoms with van der Waals surface area (Å²) in [6.07, 6.45) is -2.37. The van der Waals surface area contributed by atoms with Crippen molar-refractivity contribution in [3.05, 3.63) is 82.8 Å². The lowest BCUT2D eigenvalue weighted by molar-refractivity contribution is -0.137. The van der Waals surface area contributed by atoms with Crippen LogP contribution in [0.15, 0.2) is 64.1 Å². The van der Waals surface area contributed by atoms with Gasteiger partial charge in [0.25, 0.3) is 5.91 Å². The van der Waals surface area contributed by atoms with E-state index in [1.807, 2.05) is 18.2 Å². The van der Waals surface area contributed by atoms with Gasteiger partial charge in [0.05, 0.1) is 17.0 Å². The monoisotopic (exact) mass is 427 g/mol. The number of fused-ring (bicyclic) bond motifs is 1. The van der Waals surface area contributed by atoms with Crippen LogP contribution in [0.25, 0.3) is 0 Å². The topological polar surface area (TPSA) is 66.6 Å². The van der Waals surface area contributed by atoms with Gasteiger partial charge in [0, 0.05) is 23.2 Å². The van der Waals surface area contributed by atoms with Crippen LogP contribution in [-0.4, -0.2) is 11.6 Å². The summed E-state index contributed by atoms with van der Waals surface area (Å²) in [7, 11) is 0. The fourth-order valence-electron chi connectivity index (χ4n) is 3.60. The molecule has 0 fully saturated rings. The van der Waals surface area contributed by atoms with Gasteiger partial charge in [0.2, 0.25) is 0 Å². The normalized spacial score (nSPS) is 14.9. The van der Waals surface area contributed by atoms with Crippen molar-refractivity contribution in [2.45, 2.75) is 32.4 Å². The van der Waals surface area contributed by atoms with E-state index in [9.17, 15) is 18.0 Å². The molecule has 0 unspecified atom stereocenters. The van der Waals surface area contributed by atoms with Crippen molar-refractivity contribution in [3.63, 3.8) is 0 Å². The Balaban J connectivity index is 1.59. The summed E-state index contributed by atoms with van der Waals surface area (Å²) in [5.74, 6) is 0.511. The highest BCUT2D eigenvalue weighted by atomic mass is 19.4. The number of nitrogens with one attached hydrogen (secondary N) is 2. The van der Waals surface area contributed by atoms with Crippen LogP contribution in [0.4, 0.5) is 24.5 Å². The zero-order valence-corrected chi connectivity index (χ0v) is 16.7. The molecule has 0 saturated carbocycles. The third-order valence-corrected chi connectivity index (χ3v) is 5.07. The molecule has 0 aliphatic heterocycles. The van der Waals surface area contributed by atoms with E-state index >= 15 is 0 Å². The van der Waals surface area contributed by atoms with Crippen LogP contribution in [0.1, 0.15) is 45.8 Å². The number of hydrogen-bond acceptors (Lipinski definition) is 4. The largest absolute Gasteiger partial charge is 0.455 e. The molecule has 0 bridgehead atoms. The van der Waals surface area contributed by atoms with Gasteiger partial charge in [-0.1, -0.05) is 24.3 Å². The number of halogens is 3. The molecule has 1 amide bonds. The summed E-state index contributed by atoms with van der Waals surface area (Å²) in [4.78, 5) is 12.7. The van der Waals surface area contributed by atoms with Crippen LogP contribution in [0, 0.1) is 6.92 Å². The molecule has 3 aromatic rings. The fraction of sp³-hybridized carbons (Fsp3) is 0.217. The SMILES string of the molecule is Cc1c(C(=O)Nc2ccccc2)oc2c1/C(=N/Nc1cccc(C(F)(F)F)c1)CCC2. The Bertz CT molecular complexity index is 1130. The maximum atomic E-state index is 12.9. The summed E-state index contributed by atoms with van der Waals surface area (Å²) < 4.78 is 44.6. The number of carbonyl (C=O) groups excluding carboxylic acids is 1. The van der Waals surface area contributed by atoms with Crippen molar-refractivity contribution in [1.29, 1.82) is 0 Å². The van der Waals surface area contributed by atoms with Crippen LogP contribution in [0.3, 0.4) is 0 Å². The summed E-state index contributed by atoms with van der Waals surface area (Å²) >= 11 is 0. The van der Waals surface area contributed by atoms with Gasteiger partial charge in [-0.05, 0) is 50.1 Å². The number of benzene rings is 2. The van der Waals surface area contributed by atoms with Gasteiger partial charge in [0.1, 0.15) is 5.76 Å². The molecule has 4 rings (SSSR count). The average molecular weight is 427 g/mol. The molecule has 2 aromatic carbocycles. The van der Waals surface area contributed by atoms with E-state index in [1.165, 1.54) is 12.1 Å². The fourth-order valence-corrected chi connectivity index (χ4v) is 3.60. The molecule has 5 nitrogen and oxygen atoms in total. The van der Waals surface area contributed by atoms with Crippen LogP contribution >= 0.6 is 0 Å². The minimum atomic E-state index is -4.43. The predicted molar refractivity (Wildman–Crippen MR) is 112 cm³/mol. The van der Waals surface area contributed by atoms with Gasteiger partial charge in [0.15, 0.2) is 5.76 Å². The first-order chi connectivity index (χ1) is 14.8. The summed E-state index contributed by atoms with van der Waals surface area (Å²) in [5.41, 5.74) is 4.91. The Morgan fingerprint density at radius 1 is 1.03 bits per heavy atom. The van der Waals surface area contributed by atoms with E-state index in [-0.39, 0.29) is 17.4 Å². The Kier molecular flexibility index (Phi) is 5.54. The van der Waals surface area contributed by atoms with Gasteiger partial charge in [-0.15, -0.1) is 0 Å². The molecule has 31 heavy (non-hydrogen) atoms. The Morgan fingerprint density at radius 2 is 1.77 bits per heavy atom. The van der Waals surface area contributed by atoms with Crippen molar-refractivity contribution in [2.24, 2.45) is 5.10 Å². The number of aryl methyl sites for hydroxylation is 1. The zero-order chi connectivity index (χ0) is 22.0. The first-order valence-electron chi connectivity index (χ1n) is 9.82. The minimum absolute atomic E-state index is 0.211. The number of anilines is 2. The van der Waals surface area contributed by atoms with Gasteiger partial charge in [-0.3, -0.25) is 10.2 Å². The number of furan rings is 1. The van der Waals surface area contributed by atoms with E-state index in [0.717, 1.165) is 24.1 Å². The third kappa shape index (κ3) is 4.47. The number of carbonyl (C=O) groups is 1. The van der Waals surface area contributed by atoms with E-state index in [4.69, 9.17) is 4.42 Å². The molecule has 0 atom stereocenters. The second-order valence-electron chi connectivity index (χ2n) is 7.28. The molecule has 1 aliphatic carbocycles. The second kappa shape index (κ2) is 8.29. The lowest BCUT2D eigenvalue weighted by Crippen LogP contribution is -2.14. The first-order valence-corrected chi connectivity index (χ1v) is 9.82. The molecule has 0 saturated heterocycles. The number of hydrogen-bond donors (Lipinski definition) is 2. The Morgan fingerprint density at radius 3 is 2.52 bits per heavy atom. The molecule has 1 heterocycles. The second-order valence-corrected chi connectivity index (χ2v) is 7.28. The quantitative estimate of drug-likeness (QED) is 0.501. The molecule has 1 aliphatic rings. The summed E-state index contributed by atoms with van der Waals surface area (Å²) in [6, 6.07) is 13.9. The predicted octanol–water partition coefficient (Wildman–Crippen LogP) is 6.01. The van der Waals surface area contributed by atoms with Crippen LogP contribution in [-0.2, 0) is 12.6 Å². The molecular formula is C23H20F3N3O2. The Labute approximate surface area is 177 Å². The molecule has 2 N–H and O–H groups in total. The van der Waals surface area contributed by atoms with Gasteiger partial charge < -0.3 is 9.73 Å². The van der Waals surface area contributed by atoms with E-state index < -0.39 is 11.7 Å². The maximum Gasteiger partial charge on any atom is 0.416 e. The zero-order valence-electron chi connectivity index (χ0n) is 16.7. The molecular weight excluding hydrogens is 407 g/mol. The number of para-hydroxylation sites is 1. The standard InChI is InChI=1S/C23H20F3N3O2/c1-14-20-18(29-28-17-10-5-7-15(13-17)23(24,25)26)11-6-12-19(20)31-21(14)22(30)27-16-8-3-2-4-9-16/h2-5,7-10,13,28H,6,11-12H2,1H3,(H,27,30)/b29-18+. The lowest BCUT2D eigenvalue weighted by Gasteiger charge is -2.14. The number of alkyl halides is 3. The van der Waals surface area contributed by atoms with E-state index in [0.29, 0.717) is 35.6 Å². The Hall–Kier alpha value is -3.55. The molecule has 8 heteroatoms. The van der Waals surface area contributed by atoms with E-state index in [2.05, 4.69) is 15.8 Å². The average Bonchev–Trinajstić information content (AvgIpc) is 3.10. The number of nitrogens with zero attached hydrogens (tertiary/aromatic N) is 1. The van der Waals surface area contributed by atoms with E-state index in [1.54, 1.807) is 19.1 Å². The minimum Gasteiger partial charge on any atom is -0.455 e. The van der Waals surface area contributed by atoms with Crippen molar-refractivity contribution < 1.29 is 22.4 Å². The van der Waals surface area contributed by atoms with Crippen LogP contribution in [0.5, 0.6) is 0 Å². The highest BCUT2D eigenvalue weighted by Gasteiger charge is 2.31. The third-order valence-electron chi connectivity index (χ3n) is 5.07. The van der Waals surface area contributed by atoms with Gasteiger partial charge in [-0.25, -0.2) is 0 Å². The smallest absolute Gasteiger partial charge is 0.416 e. The van der Waals surface area contributed by atoms with Gasteiger partial charge in [-0.2, -0.15) is 18.3 Å². The van der Waals surface area contributed by atoms with Crippen molar-refractivity contribution in [3.8, 4) is 0 Å². The number of hydrazone groups is 1. The van der Waals surface area contributed by atoms with Crippen molar-refractivity contribution in [2.75, 3.05) is 10.7 Å². The molecule has 0 radical (unpaired) electrons. The van der Waals surface area contributed by atoms with Crippen molar-refractivity contribution >= 4 is 23.0 Å². The maximum absolute atomic E-state index is 12.9. The lowest BCUT2D eigenvalue weighted by atomic mass is 9.93. The van der Waals surface area contributed by atoms with Crippen molar-refractivity contribution in [1.82, 2.24) is 0 Å². The van der Waals surface area contributed by atoms with Gasteiger partial charge >= 0.3 is 6.18 Å².